The predicted octanol–water partition coefficient (Wildman–Crippen LogP) is 7.05. The van der Waals surface area contributed by atoms with Gasteiger partial charge in [-0.3, -0.25) is 58.0 Å². The summed E-state index contributed by atoms with van der Waals surface area (Å²) in [6, 6.07) is 10.4. The molecule has 0 bridgehead atoms. The topological polar surface area (TPSA) is 150 Å². The highest BCUT2D eigenvalue weighted by Crippen LogP contribution is 2.44. The Morgan fingerprint density at radius 1 is 0.276 bits per heavy atom. The van der Waals surface area contributed by atoms with Crippen LogP contribution in [0.25, 0.3) is 21.5 Å². The first-order valence-electron chi connectivity index (χ1n) is 20.9. The van der Waals surface area contributed by atoms with Crippen molar-refractivity contribution in [1.82, 2.24) is 19.6 Å². The number of hydrogen-bond acceptors (Lipinski definition) is 8. The van der Waals surface area contributed by atoms with Crippen molar-refractivity contribution in [3.63, 3.8) is 0 Å². The van der Waals surface area contributed by atoms with Crippen molar-refractivity contribution in [1.29, 1.82) is 0 Å². The van der Waals surface area contributed by atoms with Crippen molar-refractivity contribution in [2.24, 2.45) is 0 Å². The molecule has 3 saturated carbocycles. The average molecular weight is 777 g/mol. The lowest BCUT2D eigenvalue weighted by Crippen LogP contribution is -2.61. The monoisotopic (exact) mass is 776 g/mol. The highest BCUT2D eigenvalue weighted by molar-refractivity contribution is 6.35. The second-order valence-electron chi connectivity index (χ2n) is 17.1. The van der Waals surface area contributed by atoms with E-state index in [0.29, 0.717) is 58.7 Å². The smallest absolute Gasteiger partial charge is 0.261 e. The van der Waals surface area contributed by atoms with E-state index in [0.717, 1.165) is 64.2 Å². The Morgan fingerprint density at radius 2 is 0.483 bits per heavy atom. The summed E-state index contributed by atoms with van der Waals surface area (Å²) in [4.78, 5) is 119. The third-order valence-corrected chi connectivity index (χ3v) is 14.2. The zero-order chi connectivity index (χ0) is 39.7. The lowest BCUT2D eigenvalue weighted by atomic mass is 9.80. The molecule has 0 aromatic heterocycles. The van der Waals surface area contributed by atoms with E-state index in [1.54, 1.807) is 48.5 Å². The van der Waals surface area contributed by atoms with Crippen molar-refractivity contribution in [2.45, 2.75) is 114 Å². The Labute approximate surface area is 333 Å². The van der Waals surface area contributed by atoms with Gasteiger partial charge in [-0.1, -0.05) is 51.4 Å². The van der Waals surface area contributed by atoms with Crippen LogP contribution in [0.2, 0.25) is 0 Å². The number of benzene rings is 4. The number of amides is 8. The van der Waals surface area contributed by atoms with Crippen LogP contribution >= 0.6 is 0 Å². The number of nitrogens with zero attached hydrogens (tertiary/aromatic N) is 4. The molecule has 292 valence electrons. The lowest BCUT2D eigenvalue weighted by Gasteiger charge is -2.45. The number of hydrogen-bond donors (Lipinski definition) is 0. The van der Waals surface area contributed by atoms with E-state index in [2.05, 4.69) is 0 Å². The summed E-state index contributed by atoms with van der Waals surface area (Å²) < 4.78 is 0. The molecule has 4 aromatic carbocycles. The van der Waals surface area contributed by atoms with E-state index in [4.69, 9.17) is 0 Å². The lowest BCUT2D eigenvalue weighted by molar-refractivity contribution is 0.0241. The Hall–Kier alpha value is -6.04. The maximum Gasteiger partial charge on any atom is 0.261 e. The van der Waals surface area contributed by atoms with Crippen LogP contribution in [0.4, 0.5) is 0 Å². The average Bonchev–Trinajstić information content (AvgIpc) is 3.24. The molecule has 0 N–H and O–H groups in total. The first-order chi connectivity index (χ1) is 28.2. The molecule has 4 aromatic rings. The minimum Gasteiger partial charge on any atom is -0.271 e. The third-order valence-electron chi connectivity index (χ3n) is 14.2. The molecule has 12 nitrogen and oxygen atoms in total. The SMILES string of the molecule is O=C1c2ccc3c4c(ccc(c24)C(=O)N1C1CCCCC1)C(=O)N([C@@H]1CCCC[C@H]1N1C(=O)c2ccc4c5c(ccc(c25)C1=O)C(=O)N(C1CCCCC1)C4=O)C3=O. The summed E-state index contributed by atoms with van der Waals surface area (Å²) in [7, 11) is 0. The Morgan fingerprint density at radius 3 is 0.724 bits per heavy atom. The van der Waals surface area contributed by atoms with Crippen LogP contribution in [0.1, 0.15) is 173 Å². The molecule has 11 rings (SSSR count). The minimum absolute atomic E-state index is 0.184. The molecule has 3 aliphatic carbocycles. The summed E-state index contributed by atoms with van der Waals surface area (Å²) >= 11 is 0. The van der Waals surface area contributed by atoms with Gasteiger partial charge in [-0.2, -0.15) is 0 Å². The van der Waals surface area contributed by atoms with E-state index < -0.39 is 59.3 Å². The fourth-order valence-electron chi connectivity index (χ4n) is 11.5. The highest BCUT2D eigenvalue weighted by Gasteiger charge is 2.50. The van der Waals surface area contributed by atoms with Crippen LogP contribution in [-0.2, 0) is 0 Å². The largest absolute Gasteiger partial charge is 0.271 e. The van der Waals surface area contributed by atoms with Gasteiger partial charge in [-0.25, -0.2) is 0 Å². The molecule has 2 atom stereocenters. The fourth-order valence-corrected chi connectivity index (χ4v) is 11.5. The van der Waals surface area contributed by atoms with Crippen LogP contribution in [0.3, 0.4) is 0 Å². The van der Waals surface area contributed by atoms with Crippen LogP contribution in [-0.4, -0.2) is 91.0 Å². The zero-order valence-corrected chi connectivity index (χ0v) is 31.9. The van der Waals surface area contributed by atoms with Gasteiger partial charge in [0.15, 0.2) is 0 Å². The van der Waals surface area contributed by atoms with Gasteiger partial charge in [0.05, 0.1) is 12.1 Å². The van der Waals surface area contributed by atoms with E-state index in [1.165, 1.54) is 19.6 Å². The number of imide groups is 4. The molecule has 58 heavy (non-hydrogen) atoms. The molecular formula is C46H40N4O8. The summed E-state index contributed by atoms with van der Waals surface area (Å²) in [6.45, 7) is 0. The Kier molecular flexibility index (Phi) is 7.71. The number of rotatable bonds is 4. The molecule has 0 saturated heterocycles. The van der Waals surface area contributed by atoms with Crippen molar-refractivity contribution in [2.75, 3.05) is 0 Å². The molecule has 0 spiro atoms. The second-order valence-corrected chi connectivity index (χ2v) is 17.1. The molecule has 8 amide bonds. The van der Waals surface area contributed by atoms with E-state index in [9.17, 15) is 38.4 Å². The normalized spacial score (nSPS) is 23.9. The van der Waals surface area contributed by atoms with Crippen LogP contribution in [0.15, 0.2) is 48.5 Å². The molecular weight excluding hydrogens is 737 g/mol. The Bertz CT molecular complexity index is 2330. The maximum atomic E-state index is 14.6. The van der Waals surface area contributed by atoms with Gasteiger partial charge < -0.3 is 0 Å². The first-order valence-corrected chi connectivity index (χ1v) is 20.9. The quantitative estimate of drug-likeness (QED) is 0.200. The summed E-state index contributed by atoms with van der Waals surface area (Å²) in [5.74, 6) is -4.10. The van der Waals surface area contributed by atoms with Crippen LogP contribution in [0.5, 0.6) is 0 Å². The van der Waals surface area contributed by atoms with Crippen molar-refractivity contribution < 1.29 is 38.4 Å². The molecule has 3 fully saturated rings. The molecule has 12 heteroatoms. The van der Waals surface area contributed by atoms with Crippen molar-refractivity contribution in [3.05, 3.63) is 93.0 Å². The van der Waals surface area contributed by atoms with Crippen LogP contribution < -0.4 is 0 Å². The van der Waals surface area contributed by atoms with E-state index in [-0.39, 0.29) is 45.1 Å². The molecule has 0 unspecified atom stereocenters. The molecule has 4 aliphatic heterocycles. The van der Waals surface area contributed by atoms with Crippen molar-refractivity contribution in [3.8, 4) is 0 Å². The zero-order valence-electron chi connectivity index (χ0n) is 31.9. The van der Waals surface area contributed by atoms with Gasteiger partial charge in [0.2, 0.25) is 0 Å². The predicted molar refractivity (Wildman–Crippen MR) is 210 cm³/mol. The van der Waals surface area contributed by atoms with E-state index >= 15 is 0 Å². The Balaban J connectivity index is 0.953. The van der Waals surface area contributed by atoms with Crippen molar-refractivity contribution >= 4 is 68.8 Å². The molecule has 4 heterocycles. The minimum atomic E-state index is -0.858. The maximum absolute atomic E-state index is 14.6. The third kappa shape index (κ3) is 4.62. The standard InChI is InChI=1S/C46H40N4O8/c51-39-25-15-19-29-37-30(20-16-26(35(25)37)40(52)47(39)23-9-3-1-4-10-23)44(56)49(43(29)55)33-13-7-8-14-34(33)50-45(57)31-21-17-27-36-28(18-22-32(38(31)36)46(50)58)42(54)48(41(27)53)24-11-5-2-6-12-24/h15-24,33-34H,1-14H2/t33-,34-/m1/s1. The molecule has 0 radical (unpaired) electrons. The van der Waals surface area contributed by atoms with Gasteiger partial charge in [-0.05, 0) is 87.1 Å². The number of carbonyl (C=O) groups is 8. The van der Waals surface area contributed by atoms with Gasteiger partial charge in [-0.15, -0.1) is 0 Å². The summed E-state index contributed by atoms with van der Waals surface area (Å²) in [6.07, 6.45) is 10.8. The summed E-state index contributed by atoms with van der Waals surface area (Å²) in [5, 5.41) is 1.19. The molecule has 7 aliphatic rings. The first kappa shape index (κ1) is 35.1. The van der Waals surface area contributed by atoms with Gasteiger partial charge in [0, 0.05) is 78.1 Å². The van der Waals surface area contributed by atoms with Gasteiger partial charge in [0.1, 0.15) is 0 Å². The van der Waals surface area contributed by atoms with Gasteiger partial charge >= 0.3 is 0 Å². The highest BCUT2D eigenvalue weighted by atomic mass is 16.2. The fraction of sp³-hybridized carbons (Fsp3) is 0.391. The second kappa shape index (κ2) is 12.7. The summed E-state index contributed by atoms with van der Waals surface area (Å²) in [5.41, 5.74) is 1.90. The van der Waals surface area contributed by atoms with E-state index in [1.807, 2.05) is 0 Å². The number of carbonyl (C=O) groups excluding carboxylic acids is 8. The van der Waals surface area contributed by atoms with Gasteiger partial charge in [0.25, 0.3) is 47.3 Å². The van der Waals surface area contributed by atoms with Crippen LogP contribution in [0, 0.1) is 0 Å².